The highest BCUT2D eigenvalue weighted by atomic mass is 79.9. The molecule has 7 nitrogen and oxygen atoms in total. The van der Waals surface area contributed by atoms with Crippen molar-refractivity contribution in [2.45, 2.75) is 52.2 Å². The summed E-state index contributed by atoms with van der Waals surface area (Å²) < 4.78 is 40.3. The van der Waals surface area contributed by atoms with Crippen LogP contribution in [0.1, 0.15) is 39.7 Å². The number of benzene rings is 2. The molecule has 0 saturated carbocycles. The minimum atomic E-state index is -3.80. The van der Waals surface area contributed by atoms with Gasteiger partial charge in [-0.05, 0) is 69.2 Å². The summed E-state index contributed by atoms with van der Waals surface area (Å²) in [5.41, 5.74) is 0.421. The molecule has 0 unspecified atom stereocenters. The quantitative estimate of drug-likeness (QED) is 0.505. The molecule has 0 radical (unpaired) electrons. The van der Waals surface area contributed by atoms with Gasteiger partial charge in [-0.25, -0.2) is 12.8 Å². The lowest BCUT2D eigenvalue weighted by atomic mass is 10.1. The maximum absolute atomic E-state index is 13.5. The third kappa shape index (κ3) is 8.09. The minimum absolute atomic E-state index is 0.0210. The average Bonchev–Trinajstić information content (AvgIpc) is 2.72. The van der Waals surface area contributed by atoms with Gasteiger partial charge in [0, 0.05) is 16.6 Å². The molecule has 1 atom stereocenters. The Morgan fingerprint density at radius 1 is 1.06 bits per heavy atom. The third-order valence-corrected chi connectivity index (χ3v) is 6.61. The standard InChI is InChI=1S/C24H31BrFN3O4S/c1-6-21(23(31)27-24(2,3)4)28(15-17-7-11-19(26)12-8-17)22(30)16-29(34(5,32)33)20-13-9-18(25)10-14-20/h7-14,21H,6,15-16H2,1-5H3,(H,27,31)/t21-/m1/s1. The van der Waals surface area contributed by atoms with Crippen molar-refractivity contribution in [2.75, 3.05) is 17.1 Å². The predicted octanol–water partition coefficient (Wildman–Crippen LogP) is 4.08. The first kappa shape index (κ1) is 27.8. The Morgan fingerprint density at radius 3 is 2.09 bits per heavy atom. The number of carbonyl (C=O) groups excluding carboxylic acids is 2. The Labute approximate surface area is 209 Å². The van der Waals surface area contributed by atoms with Crippen LogP contribution >= 0.6 is 15.9 Å². The van der Waals surface area contributed by atoms with E-state index in [4.69, 9.17) is 0 Å². The van der Waals surface area contributed by atoms with Gasteiger partial charge in [0.25, 0.3) is 0 Å². The summed E-state index contributed by atoms with van der Waals surface area (Å²) in [4.78, 5) is 28.0. The van der Waals surface area contributed by atoms with Crippen LogP contribution in [-0.4, -0.2) is 49.5 Å². The van der Waals surface area contributed by atoms with Crippen molar-refractivity contribution in [3.05, 3.63) is 64.4 Å². The van der Waals surface area contributed by atoms with Gasteiger partial charge in [0.15, 0.2) is 0 Å². The lowest BCUT2D eigenvalue weighted by Crippen LogP contribution is -2.55. The monoisotopic (exact) mass is 555 g/mol. The molecule has 2 aromatic carbocycles. The van der Waals surface area contributed by atoms with E-state index in [0.29, 0.717) is 17.7 Å². The Kier molecular flexibility index (Phi) is 9.24. The van der Waals surface area contributed by atoms with E-state index in [0.717, 1.165) is 15.0 Å². The topological polar surface area (TPSA) is 86.8 Å². The van der Waals surface area contributed by atoms with Crippen molar-refractivity contribution in [1.29, 1.82) is 0 Å². The molecule has 0 bridgehead atoms. The van der Waals surface area contributed by atoms with Crippen LogP contribution in [0.4, 0.5) is 10.1 Å². The number of nitrogens with one attached hydrogen (secondary N) is 1. The summed E-state index contributed by atoms with van der Waals surface area (Å²) in [5, 5.41) is 2.89. The number of sulfonamides is 1. The largest absolute Gasteiger partial charge is 0.350 e. The molecule has 0 heterocycles. The number of nitrogens with zero attached hydrogens (tertiary/aromatic N) is 2. The van der Waals surface area contributed by atoms with Crippen LogP contribution in [0.5, 0.6) is 0 Å². The lowest BCUT2D eigenvalue weighted by Gasteiger charge is -2.34. The molecule has 1 N–H and O–H groups in total. The first-order valence-electron chi connectivity index (χ1n) is 10.8. The zero-order chi connectivity index (χ0) is 25.7. The van der Waals surface area contributed by atoms with E-state index >= 15 is 0 Å². The highest BCUT2D eigenvalue weighted by Gasteiger charge is 2.33. The molecule has 2 rings (SSSR count). The van der Waals surface area contributed by atoms with Crippen LogP contribution in [-0.2, 0) is 26.2 Å². The van der Waals surface area contributed by atoms with E-state index in [1.165, 1.54) is 29.2 Å². The van der Waals surface area contributed by atoms with E-state index in [1.807, 2.05) is 20.8 Å². The number of halogens is 2. The zero-order valence-corrected chi connectivity index (χ0v) is 22.4. The fourth-order valence-electron chi connectivity index (χ4n) is 3.38. The van der Waals surface area contributed by atoms with Gasteiger partial charge in [0.2, 0.25) is 21.8 Å². The van der Waals surface area contributed by atoms with E-state index in [1.54, 1.807) is 31.2 Å². The fraction of sp³-hybridized carbons (Fsp3) is 0.417. The van der Waals surface area contributed by atoms with E-state index in [-0.39, 0.29) is 12.5 Å². The van der Waals surface area contributed by atoms with Crippen LogP contribution in [0.2, 0.25) is 0 Å². The third-order valence-electron chi connectivity index (χ3n) is 4.94. The lowest BCUT2D eigenvalue weighted by molar-refractivity contribution is -0.141. The molecule has 0 aliphatic carbocycles. The number of carbonyl (C=O) groups is 2. The molecular weight excluding hydrogens is 525 g/mol. The van der Waals surface area contributed by atoms with Crippen molar-refractivity contribution in [2.24, 2.45) is 0 Å². The second-order valence-corrected chi connectivity index (χ2v) is 11.9. The van der Waals surface area contributed by atoms with Gasteiger partial charge >= 0.3 is 0 Å². The number of anilines is 1. The summed E-state index contributed by atoms with van der Waals surface area (Å²) in [6.45, 7) is 6.82. The highest BCUT2D eigenvalue weighted by molar-refractivity contribution is 9.10. The first-order valence-corrected chi connectivity index (χ1v) is 13.4. The maximum atomic E-state index is 13.5. The number of rotatable bonds is 9. The summed E-state index contributed by atoms with van der Waals surface area (Å²) in [5.74, 6) is -1.31. The van der Waals surface area contributed by atoms with Gasteiger partial charge in [-0.2, -0.15) is 0 Å². The Hall–Kier alpha value is -2.46. The van der Waals surface area contributed by atoms with Gasteiger partial charge in [-0.1, -0.05) is 35.0 Å². The maximum Gasteiger partial charge on any atom is 0.244 e. The molecule has 0 saturated heterocycles. The second kappa shape index (κ2) is 11.3. The Morgan fingerprint density at radius 2 is 1.62 bits per heavy atom. The minimum Gasteiger partial charge on any atom is -0.350 e. The SMILES string of the molecule is CC[C@H](C(=O)NC(C)(C)C)N(Cc1ccc(F)cc1)C(=O)CN(c1ccc(Br)cc1)S(C)(=O)=O. The summed E-state index contributed by atoms with van der Waals surface area (Å²) in [6, 6.07) is 11.3. The van der Waals surface area contributed by atoms with Crippen molar-refractivity contribution in [3.63, 3.8) is 0 Å². The Bertz CT molecular complexity index is 1100. The van der Waals surface area contributed by atoms with Gasteiger partial charge in [-0.3, -0.25) is 13.9 Å². The van der Waals surface area contributed by atoms with Crippen molar-refractivity contribution in [1.82, 2.24) is 10.2 Å². The zero-order valence-electron chi connectivity index (χ0n) is 20.0. The second-order valence-electron chi connectivity index (χ2n) is 9.06. The van der Waals surface area contributed by atoms with Gasteiger partial charge in [-0.15, -0.1) is 0 Å². The number of hydrogen-bond acceptors (Lipinski definition) is 4. The normalized spacial score (nSPS) is 12.7. The van der Waals surface area contributed by atoms with E-state index < -0.39 is 39.9 Å². The molecule has 2 aromatic rings. The average molecular weight is 556 g/mol. The summed E-state index contributed by atoms with van der Waals surface area (Å²) in [6.07, 6.45) is 1.34. The molecule has 34 heavy (non-hydrogen) atoms. The van der Waals surface area contributed by atoms with Gasteiger partial charge in [0.05, 0.1) is 11.9 Å². The molecular formula is C24H31BrFN3O4S. The van der Waals surface area contributed by atoms with Gasteiger partial charge < -0.3 is 10.2 Å². The van der Waals surface area contributed by atoms with E-state index in [2.05, 4.69) is 21.2 Å². The fourth-order valence-corrected chi connectivity index (χ4v) is 4.49. The molecule has 0 aromatic heterocycles. The number of amides is 2. The molecule has 0 spiro atoms. The molecule has 0 fully saturated rings. The first-order chi connectivity index (χ1) is 15.7. The number of hydrogen-bond donors (Lipinski definition) is 1. The molecule has 0 aliphatic heterocycles. The van der Waals surface area contributed by atoms with Crippen LogP contribution in [0.25, 0.3) is 0 Å². The van der Waals surface area contributed by atoms with Gasteiger partial charge in [0.1, 0.15) is 18.4 Å². The Balaban J connectivity index is 2.43. The van der Waals surface area contributed by atoms with Crippen LogP contribution in [0.3, 0.4) is 0 Å². The van der Waals surface area contributed by atoms with Crippen LogP contribution in [0.15, 0.2) is 53.0 Å². The summed E-state index contributed by atoms with van der Waals surface area (Å²) >= 11 is 3.32. The predicted molar refractivity (Wildman–Crippen MR) is 135 cm³/mol. The smallest absolute Gasteiger partial charge is 0.244 e. The highest BCUT2D eigenvalue weighted by Crippen LogP contribution is 2.22. The van der Waals surface area contributed by atoms with Crippen LogP contribution < -0.4 is 9.62 Å². The summed E-state index contributed by atoms with van der Waals surface area (Å²) in [7, 11) is -3.80. The molecule has 2 amide bonds. The molecule has 0 aliphatic rings. The molecule has 10 heteroatoms. The van der Waals surface area contributed by atoms with Crippen molar-refractivity contribution < 1.29 is 22.4 Å². The van der Waals surface area contributed by atoms with Crippen LogP contribution in [0, 0.1) is 5.82 Å². The van der Waals surface area contributed by atoms with Crippen molar-refractivity contribution in [3.8, 4) is 0 Å². The molecule has 186 valence electrons. The van der Waals surface area contributed by atoms with E-state index in [9.17, 15) is 22.4 Å². The van der Waals surface area contributed by atoms with Crippen molar-refractivity contribution >= 4 is 43.5 Å².